The smallest absolute Gasteiger partial charge is 0.0784 e. The number of carboxylic acid groups (broad SMARTS) is 1. The van der Waals surface area contributed by atoms with Crippen LogP contribution in [0.5, 0.6) is 0 Å². The number of aliphatic carboxylic acids is 1. The molecule has 0 amide bonds. The van der Waals surface area contributed by atoms with Crippen LogP contribution in [0, 0.1) is 5.41 Å². The van der Waals surface area contributed by atoms with Crippen molar-refractivity contribution in [2.45, 2.75) is 99.3 Å². The lowest BCUT2D eigenvalue weighted by Crippen LogP contribution is -2.46. The lowest BCUT2D eigenvalue weighted by atomic mass is 9.80. The molecule has 0 saturated heterocycles. The Kier molecular flexibility index (Phi) is 15.8. The zero-order valence-corrected chi connectivity index (χ0v) is 17.7. The van der Waals surface area contributed by atoms with E-state index in [1.165, 1.54) is 62.6 Å². The van der Waals surface area contributed by atoms with E-state index >= 15 is 0 Å². The molecule has 0 fully saturated rings. The number of nitrogens with zero attached hydrogens (tertiary/aromatic N) is 1. The monoisotopic (exact) mass is 343 g/mol. The molecule has 0 aliphatic rings. The predicted octanol–water partition coefficient (Wildman–Crippen LogP) is 4.79. The minimum atomic E-state index is -0.903. The van der Waals surface area contributed by atoms with Crippen molar-refractivity contribution in [2.75, 3.05) is 26.7 Å². The second-order valence-electron chi connectivity index (χ2n) is 7.48. The Labute approximate surface area is 152 Å². The minimum Gasteiger partial charge on any atom is -0.550 e. The van der Waals surface area contributed by atoms with Gasteiger partial charge in [0.2, 0.25) is 0 Å². The average Bonchev–Trinajstić information content (AvgIpc) is 2.59. The van der Waals surface area contributed by atoms with Crippen molar-refractivity contribution in [1.82, 2.24) is 0 Å². The maximum atomic E-state index is 10.6. The fourth-order valence-electron chi connectivity index (χ4n) is 3.14. The van der Waals surface area contributed by atoms with Gasteiger partial charge in [-0.25, -0.2) is 0 Å². The zero-order valence-electron chi connectivity index (χ0n) is 17.7. The molecule has 0 spiro atoms. The molecule has 0 aliphatic carbocycles. The Hall–Kier alpha value is -0.570. The summed E-state index contributed by atoms with van der Waals surface area (Å²) < 4.78 is 1.32. The van der Waals surface area contributed by atoms with Gasteiger partial charge in [-0.3, -0.25) is 0 Å². The van der Waals surface area contributed by atoms with Crippen LogP contribution in [0.15, 0.2) is 0 Å². The maximum Gasteiger partial charge on any atom is 0.0784 e. The molecule has 0 radical (unpaired) electrons. The number of unbranched alkanes of at least 4 members (excludes halogenated alkanes) is 3. The third-order valence-corrected chi connectivity index (χ3v) is 5.62. The van der Waals surface area contributed by atoms with Crippen LogP contribution in [0.25, 0.3) is 0 Å². The molecule has 3 nitrogen and oxygen atoms in total. The highest BCUT2D eigenvalue weighted by Gasteiger charge is 2.24. The molecule has 24 heavy (non-hydrogen) atoms. The summed E-state index contributed by atoms with van der Waals surface area (Å²) in [6.45, 7) is 16.7. The molecule has 0 aliphatic heterocycles. The van der Waals surface area contributed by atoms with Gasteiger partial charge in [0, 0.05) is 11.4 Å². The van der Waals surface area contributed by atoms with Gasteiger partial charge < -0.3 is 14.4 Å². The molecular formula is C21H45NO2. The molecule has 0 N–H and O–H groups in total. The van der Waals surface area contributed by atoms with Crippen molar-refractivity contribution < 1.29 is 14.4 Å². The summed E-state index contributed by atoms with van der Waals surface area (Å²) in [5.74, 6) is -0.903. The van der Waals surface area contributed by atoms with E-state index in [4.69, 9.17) is 0 Å². The first-order valence-electron chi connectivity index (χ1n) is 10.4. The number of carboxylic acids is 1. The number of carbonyl (C=O) groups is 1. The summed E-state index contributed by atoms with van der Waals surface area (Å²) in [4.78, 5) is 10.6. The molecule has 0 heterocycles. The normalized spacial score (nSPS) is 11.8. The molecule has 0 aromatic heterocycles. The van der Waals surface area contributed by atoms with Crippen LogP contribution in [0.3, 0.4) is 0 Å². The number of rotatable bonds is 13. The van der Waals surface area contributed by atoms with Crippen molar-refractivity contribution in [3.63, 3.8) is 0 Å². The fraction of sp³-hybridized carbons (Fsp3) is 0.952. The van der Waals surface area contributed by atoms with E-state index in [0.29, 0.717) is 19.3 Å². The van der Waals surface area contributed by atoms with Gasteiger partial charge in [0.15, 0.2) is 0 Å². The summed E-state index contributed by atoms with van der Waals surface area (Å²) in [6, 6.07) is 0. The molecule has 3 heteroatoms. The van der Waals surface area contributed by atoms with Gasteiger partial charge in [0.1, 0.15) is 0 Å². The van der Waals surface area contributed by atoms with Gasteiger partial charge in [-0.05, 0) is 38.5 Å². The van der Waals surface area contributed by atoms with Crippen LogP contribution < -0.4 is 5.11 Å². The standard InChI is InChI=1S/C13H30N.C8H16O2/c1-5-8-11-14(4,12-9-6-2)13-10-7-3;1-4-8(5-2,6-3)7(9)10/h5-13H2,1-4H3;4-6H2,1-3H3,(H,9,10)/q+1;/p-1. The molecule has 0 unspecified atom stereocenters. The topological polar surface area (TPSA) is 40.1 Å². The molecule has 0 atom stereocenters. The van der Waals surface area contributed by atoms with Gasteiger partial charge in [-0.1, -0.05) is 60.8 Å². The van der Waals surface area contributed by atoms with E-state index in [2.05, 4.69) is 27.8 Å². The predicted molar refractivity (Wildman–Crippen MR) is 104 cm³/mol. The van der Waals surface area contributed by atoms with Crippen LogP contribution in [0.1, 0.15) is 99.3 Å². The van der Waals surface area contributed by atoms with Gasteiger partial charge in [-0.2, -0.15) is 0 Å². The molecule has 0 bridgehead atoms. The number of hydrogen-bond acceptors (Lipinski definition) is 2. The molecule has 0 aromatic rings. The number of carbonyl (C=O) groups excluding carboxylic acids is 1. The third-order valence-electron chi connectivity index (χ3n) is 5.62. The Morgan fingerprint density at radius 3 is 1.17 bits per heavy atom. The van der Waals surface area contributed by atoms with Crippen LogP contribution in [0.4, 0.5) is 0 Å². The third kappa shape index (κ3) is 10.3. The largest absolute Gasteiger partial charge is 0.550 e. The highest BCUT2D eigenvalue weighted by Crippen LogP contribution is 2.28. The van der Waals surface area contributed by atoms with Crippen molar-refractivity contribution in [2.24, 2.45) is 5.41 Å². The number of quaternary nitrogens is 1. The highest BCUT2D eigenvalue weighted by molar-refractivity contribution is 5.72. The summed E-state index contributed by atoms with van der Waals surface area (Å²) in [6.07, 6.45) is 10.2. The molecule has 0 rings (SSSR count). The van der Waals surface area contributed by atoms with Crippen LogP contribution in [0.2, 0.25) is 0 Å². The van der Waals surface area contributed by atoms with Crippen molar-refractivity contribution in [1.29, 1.82) is 0 Å². The lowest BCUT2D eigenvalue weighted by Gasteiger charge is -2.34. The SMILES string of the molecule is CCC(CC)(CC)C(=O)[O-].CCCC[N+](C)(CCCC)CCCC. The highest BCUT2D eigenvalue weighted by atomic mass is 16.4. The molecule has 0 saturated carbocycles. The second kappa shape index (κ2) is 14.7. The van der Waals surface area contributed by atoms with E-state index in [9.17, 15) is 9.90 Å². The van der Waals surface area contributed by atoms with Crippen LogP contribution in [-0.4, -0.2) is 37.1 Å². The Bertz CT molecular complexity index is 268. The fourth-order valence-corrected chi connectivity index (χ4v) is 3.14. The van der Waals surface area contributed by atoms with Gasteiger partial charge in [0.25, 0.3) is 0 Å². The van der Waals surface area contributed by atoms with E-state index in [1.807, 2.05) is 20.8 Å². The van der Waals surface area contributed by atoms with Crippen LogP contribution >= 0.6 is 0 Å². The quantitative estimate of drug-likeness (QED) is 0.451. The maximum absolute atomic E-state index is 10.6. The molecule has 146 valence electrons. The van der Waals surface area contributed by atoms with E-state index in [0.717, 1.165) is 0 Å². The second-order valence-corrected chi connectivity index (χ2v) is 7.48. The zero-order chi connectivity index (χ0) is 19.1. The first kappa shape index (κ1) is 25.7. The Morgan fingerprint density at radius 1 is 0.750 bits per heavy atom. The summed E-state index contributed by atoms with van der Waals surface area (Å²) in [5.41, 5.74) is -0.569. The van der Waals surface area contributed by atoms with E-state index in [-0.39, 0.29) is 0 Å². The molecular weight excluding hydrogens is 298 g/mol. The Balaban J connectivity index is 0. The van der Waals surface area contributed by atoms with Crippen molar-refractivity contribution in [3.8, 4) is 0 Å². The van der Waals surface area contributed by atoms with Gasteiger partial charge in [-0.15, -0.1) is 0 Å². The van der Waals surface area contributed by atoms with E-state index in [1.54, 1.807) is 0 Å². The molecule has 0 aromatic carbocycles. The van der Waals surface area contributed by atoms with Crippen molar-refractivity contribution in [3.05, 3.63) is 0 Å². The Morgan fingerprint density at radius 2 is 1.04 bits per heavy atom. The minimum absolute atomic E-state index is 0.569. The number of hydrogen-bond donors (Lipinski definition) is 0. The van der Waals surface area contributed by atoms with Crippen LogP contribution in [-0.2, 0) is 4.79 Å². The van der Waals surface area contributed by atoms with Gasteiger partial charge in [0.05, 0.1) is 26.7 Å². The first-order valence-corrected chi connectivity index (χ1v) is 10.4. The van der Waals surface area contributed by atoms with Crippen molar-refractivity contribution >= 4 is 5.97 Å². The lowest BCUT2D eigenvalue weighted by molar-refractivity contribution is -0.910. The average molecular weight is 344 g/mol. The van der Waals surface area contributed by atoms with Gasteiger partial charge >= 0.3 is 0 Å². The summed E-state index contributed by atoms with van der Waals surface area (Å²) in [7, 11) is 2.45. The summed E-state index contributed by atoms with van der Waals surface area (Å²) in [5, 5.41) is 10.6. The first-order chi connectivity index (χ1) is 11.3. The van der Waals surface area contributed by atoms with E-state index < -0.39 is 11.4 Å². The summed E-state index contributed by atoms with van der Waals surface area (Å²) >= 11 is 0.